The van der Waals surface area contributed by atoms with E-state index in [4.69, 9.17) is 10.7 Å². The molecule has 10 heteroatoms. The molecule has 2 aromatic heterocycles. The van der Waals surface area contributed by atoms with Crippen LogP contribution in [0, 0.1) is 6.92 Å². The van der Waals surface area contributed by atoms with Crippen molar-refractivity contribution in [1.29, 1.82) is 0 Å². The molecule has 214 valence electrons. The van der Waals surface area contributed by atoms with Crippen LogP contribution in [0.3, 0.4) is 0 Å². The van der Waals surface area contributed by atoms with E-state index in [2.05, 4.69) is 74.8 Å². The molecule has 1 saturated heterocycles. The Morgan fingerprint density at radius 1 is 0.951 bits per heavy atom. The Hall–Kier alpha value is -4.28. The zero-order valence-corrected chi connectivity index (χ0v) is 24.3. The molecular weight excluding hydrogens is 514 g/mol. The first-order valence-corrected chi connectivity index (χ1v) is 14.1. The van der Waals surface area contributed by atoms with Gasteiger partial charge >= 0.3 is 0 Å². The summed E-state index contributed by atoms with van der Waals surface area (Å²) in [7, 11) is 4.01. The maximum atomic E-state index is 12.1. The van der Waals surface area contributed by atoms with Crippen molar-refractivity contribution in [2.75, 3.05) is 50.4 Å². The van der Waals surface area contributed by atoms with Crippen molar-refractivity contribution in [1.82, 2.24) is 29.5 Å². The molecule has 5 rings (SSSR count). The zero-order chi connectivity index (χ0) is 28.9. The number of piperazine rings is 1. The fraction of sp³-hybridized carbons (Fsp3) is 0.355. The molecule has 1 amide bonds. The molecule has 0 atom stereocenters. The summed E-state index contributed by atoms with van der Waals surface area (Å²) in [5.74, 6) is 0.206. The van der Waals surface area contributed by atoms with Crippen molar-refractivity contribution in [2.24, 2.45) is 12.8 Å². The number of aryl methyl sites for hydroxylation is 3. The quantitative estimate of drug-likeness (QED) is 0.269. The van der Waals surface area contributed by atoms with Crippen molar-refractivity contribution in [3.8, 4) is 11.1 Å². The monoisotopic (exact) mass is 553 g/mol. The van der Waals surface area contributed by atoms with Gasteiger partial charge in [-0.1, -0.05) is 37.3 Å². The summed E-state index contributed by atoms with van der Waals surface area (Å²) in [6, 6.07) is 15.1. The van der Waals surface area contributed by atoms with E-state index in [9.17, 15) is 4.79 Å². The van der Waals surface area contributed by atoms with Gasteiger partial charge in [0, 0.05) is 51.7 Å². The molecule has 0 bridgehead atoms. The first kappa shape index (κ1) is 28.3. The van der Waals surface area contributed by atoms with Crippen LogP contribution < -0.4 is 16.4 Å². The molecule has 1 aliphatic rings. The average Bonchev–Trinajstić information content (AvgIpc) is 3.37. The molecule has 0 radical (unpaired) electrons. The highest BCUT2D eigenvalue weighted by Gasteiger charge is 2.18. The maximum Gasteiger partial charge on any atom is 0.271 e. The number of benzene rings is 2. The SMILES string of the molecule is CCc1nc(C(N)=O)c(Nc2cnn(C)c2)nc1Nc1ccc(-c2ccc(CCN3CCN(C)CC3)cc2C)cc1. The van der Waals surface area contributed by atoms with Crippen LogP contribution in [0.25, 0.3) is 11.1 Å². The lowest BCUT2D eigenvalue weighted by molar-refractivity contribution is 0.0996. The second-order valence-corrected chi connectivity index (χ2v) is 10.7. The van der Waals surface area contributed by atoms with E-state index in [0.29, 0.717) is 23.6 Å². The van der Waals surface area contributed by atoms with E-state index >= 15 is 0 Å². The number of carbonyl (C=O) groups is 1. The topological polar surface area (TPSA) is 117 Å². The van der Waals surface area contributed by atoms with Crippen LogP contribution in [0.4, 0.5) is 23.0 Å². The molecule has 4 aromatic rings. The minimum absolute atomic E-state index is 0.0917. The van der Waals surface area contributed by atoms with E-state index in [0.717, 1.165) is 50.4 Å². The summed E-state index contributed by atoms with van der Waals surface area (Å²) in [6.07, 6.45) is 5.09. The van der Waals surface area contributed by atoms with Crippen molar-refractivity contribution in [2.45, 2.75) is 26.7 Å². The number of likely N-dealkylation sites (N-methyl/N-ethyl adjacent to an activating group) is 1. The lowest BCUT2D eigenvalue weighted by atomic mass is 9.97. The summed E-state index contributed by atoms with van der Waals surface area (Å²) in [6.45, 7) is 9.85. The van der Waals surface area contributed by atoms with Gasteiger partial charge in [0.2, 0.25) is 0 Å². The Morgan fingerprint density at radius 2 is 1.68 bits per heavy atom. The first-order valence-electron chi connectivity index (χ1n) is 14.1. The third kappa shape index (κ3) is 6.90. The fourth-order valence-corrected chi connectivity index (χ4v) is 5.13. The van der Waals surface area contributed by atoms with Gasteiger partial charge in [-0.05, 0) is 61.2 Å². The number of hydrogen-bond donors (Lipinski definition) is 3. The number of nitrogens with two attached hydrogens (primary N) is 1. The number of nitrogens with zero attached hydrogens (tertiary/aromatic N) is 6. The molecule has 0 spiro atoms. The van der Waals surface area contributed by atoms with Crippen LogP contribution in [-0.2, 0) is 19.9 Å². The number of primary amides is 1. The molecule has 41 heavy (non-hydrogen) atoms. The second kappa shape index (κ2) is 12.5. The highest BCUT2D eigenvalue weighted by atomic mass is 16.1. The molecular formula is C31H39N9O. The van der Waals surface area contributed by atoms with Gasteiger partial charge in [-0.2, -0.15) is 5.10 Å². The third-order valence-electron chi connectivity index (χ3n) is 7.57. The number of anilines is 4. The highest BCUT2D eigenvalue weighted by Crippen LogP contribution is 2.29. The molecule has 2 aromatic carbocycles. The lowest BCUT2D eigenvalue weighted by Crippen LogP contribution is -2.45. The Bertz CT molecular complexity index is 1500. The van der Waals surface area contributed by atoms with E-state index in [1.165, 1.54) is 16.7 Å². The van der Waals surface area contributed by atoms with Gasteiger partial charge in [0.05, 0.1) is 17.6 Å². The fourth-order valence-electron chi connectivity index (χ4n) is 5.13. The lowest BCUT2D eigenvalue weighted by Gasteiger charge is -2.32. The van der Waals surface area contributed by atoms with Crippen molar-refractivity contribution < 1.29 is 4.79 Å². The van der Waals surface area contributed by atoms with E-state index in [1.807, 2.05) is 26.1 Å². The standard InChI is InChI=1S/C31H39N9O/c1-5-27-30(37-31(28(36-27)29(32)41)35-25-19-33-39(4)20-25)34-24-9-7-23(8-10-24)26-11-6-22(18-21(26)2)12-13-40-16-14-38(3)15-17-40/h6-11,18-20H,5,12-17H2,1-4H3,(H2,32,41)(H2,34,35,37). The van der Waals surface area contributed by atoms with Crippen LogP contribution in [0.5, 0.6) is 0 Å². The smallest absolute Gasteiger partial charge is 0.271 e. The number of amides is 1. The molecule has 0 aliphatic carbocycles. The predicted molar refractivity (Wildman–Crippen MR) is 164 cm³/mol. The van der Waals surface area contributed by atoms with Gasteiger partial charge in [-0.25, -0.2) is 9.97 Å². The number of carbonyl (C=O) groups excluding carboxylic acids is 1. The summed E-state index contributed by atoms with van der Waals surface area (Å²) < 4.78 is 1.66. The van der Waals surface area contributed by atoms with Crippen molar-refractivity contribution in [3.05, 3.63) is 77.4 Å². The molecule has 10 nitrogen and oxygen atoms in total. The summed E-state index contributed by atoms with van der Waals surface area (Å²) in [5.41, 5.74) is 13.0. The van der Waals surface area contributed by atoms with Crippen LogP contribution in [0.1, 0.15) is 34.2 Å². The minimum atomic E-state index is -0.643. The van der Waals surface area contributed by atoms with Gasteiger partial charge in [0.1, 0.15) is 0 Å². The van der Waals surface area contributed by atoms with E-state index in [-0.39, 0.29) is 11.5 Å². The number of nitrogens with one attached hydrogen (secondary N) is 2. The Labute approximate surface area is 241 Å². The van der Waals surface area contributed by atoms with Crippen LogP contribution in [0.2, 0.25) is 0 Å². The highest BCUT2D eigenvalue weighted by molar-refractivity contribution is 5.96. The average molecular weight is 554 g/mol. The van der Waals surface area contributed by atoms with Crippen molar-refractivity contribution in [3.63, 3.8) is 0 Å². The van der Waals surface area contributed by atoms with Gasteiger partial charge in [-0.15, -0.1) is 0 Å². The predicted octanol–water partition coefficient (Wildman–Crippen LogP) is 4.12. The normalized spacial score (nSPS) is 14.2. The second-order valence-electron chi connectivity index (χ2n) is 10.7. The summed E-state index contributed by atoms with van der Waals surface area (Å²) in [5, 5.41) is 10.7. The largest absolute Gasteiger partial charge is 0.364 e. The summed E-state index contributed by atoms with van der Waals surface area (Å²) >= 11 is 0. The molecule has 0 saturated carbocycles. The van der Waals surface area contributed by atoms with Crippen LogP contribution in [-0.4, -0.2) is 75.2 Å². The van der Waals surface area contributed by atoms with Gasteiger partial charge in [0.25, 0.3) is 5.91 Å². The Balaban J connectivity index is 1.30. The number of rotatable bonds is 10. The van der Waals surface area contributed by atoms with E-state index in [1.54, 1.807) is 17.1 Å². The molecule has 4 N–H and O–H groups in total. The molecule has 1 aliphatic heterocycles. The Morgan fingerprint density at radius 3 is 2.32 bits per heavy atom. The van der Waals surface area contributed by atoms with Crippen molar-refractivity contribution >= 4 is 28.9 Å². The molecule has 1 fully saturated rings. The summed E-state index contributed by atoms with van der Waals surface area (Å²) in [4.78, 5) is 26.3. The molecule has 0 unspecified atom stereocenters. The number of aromatic nitrogens is 4. The molecule has 3 heterocycles. The van der Waals surface area contributed by atoms with Gasteiger partial charge in [0.15, 0.2) is 17.3 Å². The maximum absolute atomic E-state index is 12.1. The number of hydrogen-bond acceptors (Lipinski definition) is 8. The third-order valence-corrected chi connectivity index (χ3v) is 7.57. The minimum Gasteiger partial charge on any atom is -0.364 e. The van der Waals surface area contributed by atoms with Crippen LogP contribution >= 0.6 is 0 Å². The first-order chi connectivity index (χ1) is 19.8. The van der Waals surface area contributed by atoms with Crippen LogP contribution in [0.15, 0.2) is 54.9 Å². The zero-order valence-electron chi connectivity index (χ0n) is 24.3. The van der Waals surface area contributed by atoms with E-state index < -0.39 is 5.91 Å². The Kier molecular flexibility index (Phi) is 8.61. The van der Waals surface area contributed by atoms with Gasteiger partial charge in [-0.3, -0.25) is 9.48 Å². The van der Waals surface area contributed by atoms with Gasteiger partial charge < -0.3 is 26.2 Å².